The fourth-order valence-corrected chi connectivity index (χ4v) is 3.43. The third-order valence-corrected chi connectivity index (χ3v) is 4.78. The molecule has 0 bridgehead atoms. The quantitative estimate of drug-likeness (QED) is 0.792. The van der Waals surface area contributed by atoms with Crippen LogP contribution in [0.15, 0.2) is 23.1 Å². The Balaban J connectivity index is 1.43. The molecule has 1 amide bonds. The molecule has 126 valence electrons. The standard InChI is InChI=1S/C16H21NO5S/c1-19-15-10-20-9-12(15)17-16(18)4-7-23-11-2-3-13-14(8-11)22-6-5-21-13/h2-3,8,12,15H,4-7,9-10H2,1H3,(H,17,18)/t12-,15-/m0/s1. The van der Waals surface area contributed by atoms with Crippen molar-refractivity contribution in [1.29, 1.82) is 0 Å². The molecule has 2 heterocycles. The van der Waals surface area contributed by atoms with E-state index in [-0.39, 0.29) is 18.1 Å². The molecule has 1 N–H and O–H groups in total. The average Bonchev–Trinajstić information content (AvgIpc) is 3.02. The number of benzene rings is 1. The van der Waals surface area contributed by atoms with Crippen LogP contribution in [0.2, 0.25) is 0 Å². The first-order valence-electron chi connectivity index (χ1n) is 7.68. The van der Waals surface area contributed by atoms with Gasteiger partial charge in [-0.2, -0.15) is 0 Å². The first-order chi connectivity index (χ1) is 11.3. The number of hydrogen-bond donors (Lipinski definition) is 1. The van der Waals surface area contributed by atoms with Crippen molar-refractivity contribution in [3.63, 3.8) is 0 Å². The zero-order valence-corrected chi connectivity index (χ0v) is 13.9. The zero-order chi connectivity index (χ0) is 16.1. The highest BCUT2D eigenvalue weighted by Gasteiger charge is 2.29. The van der Waals surface area contributed by atoms with Crippen molar-refractivity contribution in [2.75, 3.05) is 39.3 Å². The van der Waals surface area contributed by atoms with Crippen LogP contribution in [-0.4, -0.2) is 57.3 Å². The molecule has 3 rings (SSSR count). The SMILES string of the molecule is CO[C@H]1COC[C@@H]1NC(=O)CCSc1ccc2c(c1)OCCO2. The van der Waals surface area contributed by atoms with Gasteiger partial charge in [-0.25, -0.2) is 0 Å². The number of carbonyl (C=O) groups excluding carboxylic acids is 1. The van der Waals surface area contributed by atoms with Crippen molar-refractivity contribution in [1.82, 2.24) is 5.32 Å². The minimum atomic E-state index is -0.0515. The minimum Gasteiger partial charge on any atom is -0.486 e. The van der Waals surface area contributed by atoms with E-state index in [0.717, 1.165) is 16.4 Å². The largest absolute Gasteiger partial charge is 0.486 e. The smallest absolute Gasteiger partial charge is 0.221 e. The van der Waals surface area contributed by atoms with Crippen LogP contribution in [0.4, 0.5) is 0 Å². The van der Waals surface area contributed by atoms with Gasteiger partial charge in [-0.3, -0.25) is 4.79 Å². The summed E-state index contributed by atoms with van der Waals surface area (Å²) in [4.78, 5) is 13.1. The summed E-state index contributed by atoms with van der Waals surface area (Å²) in [6.45, 7) is 2.22. The van der Waals surface area contributed by atoms with Gasteiger partial charge in [0.05, 0.1) is 19.3 Å². The van der Waals surface area contributed by atoms with Gasteiger partial charge in [0.2, 0.25) is 5.91 Å². The summed E-state index contributed by atoms with van der Waals surface area (Å²) in [5.41, 5.74) is 0. The number of ether oxygens (including phenoxy) is 4. The number of carbonyl (C=O) groups is 1. The molecule has 0 aromatic heterocycles. The molecule has 7 heteroatoms. The van der Waals surface area contributed by atoms with E-state index >= 15 is 0 Å². The van der Waals surface area contributed by atoms with Gasteiger partial charge in [0, 0.05) is 24.2 Å². The van der Waals surface area contributed by atoms with Gasteiger partial charge in [0.1, 0.15) is 19.3 Å². The Morgan fingerprint density at radius 1 is 1.30 bits per heavy atom. The lowest BCUT2D eigenvalue weighted by molar-refractivity contribution is -0.122. The maximum atomic E-state index is 12.0. The van der Waals surface area contributed by atoms with Crippen LogP contribution in [-0.2, 0) is 14.3 Å². The van der Waals surface area contributed by atoms with E-state index in [4.69, 9.17) is 18.9 Å². The molecular weight excluding hydrogens is 318 g/mol. The molecule has 2 atom stereocenters. The second-order valence-electron chi connectivity index (χ2n) is 5.39. The van der Waals surface area contributed by atoms with E-state index in [1.165, 1.54) is 0 Å². The predicted octanol–water partition coefficient (Wildman–Crippen LogP) is 1.47. The van der Waals surface area contributed by atoms with Crippen molar-refractivity contribution < 1.29 is 23.7 Å². The number of thioether (sulfide) groups is 1. The first kappa shape index (κ1) is 16.4. The summed E-state index contributed by atoms with van der Waals surface area (Å²) >= 11 is 1.63. The third kappa shape index (κ3) is 4.31. The molecule has 0 spiro atoms. The Kier molecular flexibility index (Phi) is 5.64. The Labute approximate surface area is 139 Å². The van der Waals surface area contributed by atoms with E-state index in [9.17, 15) is 4.79 Å². The second-order valence-corrected chi connectivity index (χ2v) is 6.56. The lowest BCUT2D eigenvalue weighted by Gasteiger charge is -2.19. The predicted molar refractivity (Wildman–Crippen MR) is 86.3 cm³/mol. The summed E-state index contributed by atoms with van der Waals surface area (Å²) in [6, 6.07) is 5.81. The molecule has 0 unspecified atom stereocenters. The van der Waals surface area contributed by atoms with E-state index in [1.807, 2.05) is 18.2 Å². The van der Waals surface area contributed by atoms with Crippen molar-refractivity contribution in [3.05, 3.63) is 18.2 Å². The summed E-state index contributed by atoms with van der Waals surface area (Å²) in [7, 11) is 1.64. The third-order valence-electron chi connectivity index (χ3n) is 3.79. The van der Waals surface area contributed by atoms with Crippen LogP contribution in [0.5, 0.6) is 11.5 Å². The molecule has 0 saturated carbocycles. The van der Waals surface area contributed by atoms with Crippen LogP contribution in [0, 0.1) is 0 Å². The lowest BCUT2D eigenvalue weighted by Crippen LogP contribution is -2.43. The van der Waals surface area contributed by atoms with Crippen molar-refractivity contribution in [2.45, 2.75) is 23.5 Å². The molecule has 0 radical (unpaired) electrons. The molecule has 2 aliphatic rings. The van der Waals surface area contributed by atoms with Gasteiger partial charge in [-0.1, -0.05) is 0 Å². The molecule has 1 fully saturated rings. The lowest BCUT2D eigenvalue weighted by atomic mass is 10.2. The first-order valence-corrected chi connectivity index (χ1v) is 8.67. The van der Waals surface area contributed by atoms with Gasteiger partial charge in [-0.15, -0.1) is 11.8 Å². The Hall–Kier alpha value is -1.44. The fourth-order valence-electron chi connectivity index (χ4n) is 2.56. The molecule has 0 aliphatic carbocycles. The summed E-state index contributed by atoms with van der Waals surface area (Å²) < 4.78 is 21.7. The zero-order valence-electron chi connectivity index (χ0n) is 13.1. The Bertz CT molecular complexity index is 553. The number of rotatable bonds is 6. The van der Waals surface area contributed by atoms with Crippen LogP contribution in [0.1, 0.15) is 6.42 Å². The van der Waals surface area contributed by atoms with E-state index in [1.54, 1.807) is 18.9 Å². The van der Waals surface area contributed by atoms with Gasteiger partial charge >= 0.3 is 0 Å². The second kappa shape index (κ2) is 7.90. The molecule has 23 heavy (non-hydrogen) atoms. The number of methoxy groups -OCH3 is 1. The van der Waals surface area contributed by atoms with Crippen molar-refractivity contribution in [3.8, 4) is 11.5 Å². The average molecular weight is 339 g/mol. The molecule has 2 aliphatic heterocycles. The molecule has 6 nitrogen and oxygen atoms in total. The molecule has 1 aromatic carbocycles. The fraction of sp³-hybridized carbons (Fsp3) is 0.562. The number of fused-ring (bicyclic) bond motifs is 1. The van der Waals surface area contributed by atoms with Crippen molar-refractivity contribution in [2.24, 2.45) is 0 Å². The van der Waals surface area contributed by atoms with Gasteiger partial charge in [0.15, 0.2) is 11.5 Å². The van der Waals surface area contributed by atoms with E-state index < -0.39 is 0 Å². The van der Waals surface area contributed by atoms with Crippen molar-refractivity contribution >= 4 is 17.7 Å². The highest BCUT2D eigenvalue weighted by molar-refractivity contribution is 7.99. The normalized spacial score (nSPS) is 22.8. The summed E-state index contributed by atoms with van der Waals surface area (Å²) in [6.07, 6.45) is 0.399. The number of amides is 1. The number of nitrogens with one attached hydrogen (secondary N) is 1. The molecule has 1 aromatic rings. The van der Waals surface area contributed by atoms with E-state index in [2.05, 4.69) is 5.32 Å². The molecular formula is C16H21NO5S. The minimum absolute atomic E-state index is 0.0209. The summed E-state index contributed by atoms with van der Waals surface area (Å²) in [5.74, 6) is 2.28. The Morgan fingerprint density at radius 2 is 2.13 bits per heavy atom. The highest BCUT2D eigenvalue weighted by atomic mass is 32.2. The highest BCUT2D eigenvalue weighted by Crippen LogP contribution is 2.34. The van der Waals surface area contributed by atoms with Gasteiger partial charge in [0.25, 0.3) is 0 Å². The molecule has 1 saturated heterocycles. The number of hydrogen-bond acceptors (Lipinski definition) is 6. The monoisotopic (exact) mass is 339 g/mol. The maximum Gasteiger partial charge on any atom is 0.221 e. The van der Waals surface area contributed by atoms with E-state index in [0.29, 0.717) is 38.6 Å². The Morgan fingerprint density at radius 3 is 2.96 bits per heavy atom. The van der Waals surface area contributed by atoms with Crippen LogP contribution < -0.4 is 14.8 Å². The van der Waals surface area contributed by atoms with Crippen LogP contribution >= 0.6 is 11.8 Å². The van der Waals surface area contributed by atoms with Gasteiger partial charge in [-0.05, 0) is 18.2 Å². The van der Waals surface area contributed by atoms with Crippen LogP contribution in [0.25, 0.3) is 0 Å². The maximum absolute atomic E-state index is 12.0. The van der Waals surface area contributed by atoms with Gasteiger partial charge < -0.3 is 24.3 Å². The van der Waals surface area contributed by atoms with Crippen LogP contribution in [0.3, 0.4) is 0 Å². The summed E-state index contributed by atoms with van der Waals surface area (Å²) in [5, 5.41) is 2.97. The topological polar surface area (TPSA) is 66.0 Å².